The Labute approximate surface area is 501 Å². The third-order valence-corrected chi connectivity index (χ3v) is 14.1. The summed E-state index contributed by atoms with van der Waals surface area (Å²) in [6, 6.07) is 24.3. The molecule has 0 saturated carbocycles. The van der Waals surface area contributed by atoms with E-state index in [0.29, 0.717) is 36.1 Å². The van der Waals surface area contributed by atoms with Crippen molar-refractivity contribution < 1.29 is 78.0 Å². The first-order chi connectivity index (χ1) is 40.8. The summed E-state index contributed by atoms with van der Waals surface area (Å²) in [5.41, 5.74) is 5.16. The predicted molar refractivity (Wildman–Crippen MR) is 316 cm³/mol. The maximum Gasteiger partial charge on any atom is 0.416 e. The topological polar surface area (TPSA) is 153 Å². The molecule has 1 amide bonds. The maximum absolute atomic E-state index is 13.2. The van der Waals surface area contributed by atoms with Crippen LogP contribution in [0.2, 0.25) is 0 Å². The van der Waals surface area contributed by atoms with Crippen LogP contribution in [0.4, 0.5) is 50.9 Å². The number of nitrogens with two attached hydrogens (primary N) is 1. The molecule has 2 heterocycles. The molecule has 2 aliphatic heterocycles. The summed E-state index contributed by atoms with van der Waals surface area (Å²) in [7, 11) is 3.18. The number of hydrogen-bond acceptors (Lipinski definition) is 10. The summed E-state index contributed by atoms with van der Waals surface area (Å²) in [6.07, 6.45) is -0.894. The molecule has 468 valence electrons. The summed E-state index contributed by atoms with van der Waals surface area (Å²) in [6.45, 7) is 17.9. The number of benzene rings is 5. The van der Waals surface area contributed by atoms with E-state index in [2.05, 4.69) is 34.9 Å². The van der Waals surface area contributed by atoms with Crippen molar-refractivity contribution >= 4 is 40.1 Å². The summed E-state index contributed by atoms with van der Waals surface area (Å²) in [4.78, 5) is 39.9. The van der Waals surface area contributed by atoms with Crippen molar-refractivity contribution in [3.63, 3.8) is 0 Å². The SMILES string of the molecule is C=CCC(C(=O)Cl)c1cccc(C(F)(F)F)c1.C=CCC(C(=O)Nc1ccc(OC)c(OCCN2CCCCC2)c1)c1cccc(C(F)(F)F)c1.C=CCC(C(=O)O)c1cccc(C(F)(F)F)c1.COc1ccc(N)cc1OCCN1CCCCC1. The number of rotatable bonds is 23. The van der Waals surface area contributed by atoms with Crippen molar-refractivity contribution in [2.24, 2.45) is 0 Å². The Bertz CT molecular complexity index is 2880. The Morgan fingerprint density at radius 1 is 0.558 bits per heavy atom. The molecular weight excluding hydrogens is 1160 g/mol. The predicted octanol–water partition coefficient (Wildman–Crippen LogP) is 15.6. The van der Waals surface area contributed by atoms with E-state index < -0.39 is 70.1 Å². The summed E-state index contributed by atoms with van der Waals surface area (Å²) < 4.78 is 137. The van der Waals surface area contributed by atoms with Gasteiger partial charge in [-0.2, -0.15) is 39.5 Å². The molecule has 86 heavy (non-hydrogen) atoms. The van der Waals surface area contributed by atoms with Gasteiger partial charge in [0.2, 0.25) is 11.1 Å². The molecule has 3 atom stereocenters. The second-order valence-electron chi connectivity index (χ2n) is 20.0. The summed E-state index contributed by atoms with van der Waals surface area (Å²) in [5, 5.41) is 11.0. The highest BCUT2D eigenvalue weighted by atomic mass is 35.5. The molecule has 0 aliphatic carbocycles. The van der Waals surface area contributed by atoms with Crippen LogP contribution in [-0.4, -0.2) is 98.7 Å². The number of amides is 1. The molecule has 7 rings (SSSR count). The van der Waals surface area contributed by atoms with Gasteiger partial charge < -0.3 is 35.1 Å². The van der Waals surface area contributed by atoms with Gasteiger partial charge in [-0.05, 0) is 142 Å². The van der Waals surface area contributed by atoms with E-state index in [-0.39, 0.29) is 36.0 Å². The molecule has 22 heteroatoms. The molecule has 12 nitrogen and oxygen atoms in total. The smallest absolute Gasteiger partial charge is 0.416 e. The fourth-order valence-electron chi connectivity index (χ4n) is 9.27. The second-order valence-corrected chi connectivity index (χ2v) is 20.4. The molecule has 2 fully saturated rings. The van der Waals surface area contributed by atoms with E-state index in [4.69, 9.17) is 41.4 Å². The van der Waals surface area contributed by atoms with E-state index in [1.54, 1.807) is 32.4 Å². The molecule has 0 spiro atoms. The maximum atomic E-state index is 13.2. The number of alkyl halides is 9. The zero-order valence-electron chi connectivity index (χ0n) is 48.1. The van der Waals surface area contributed by atoms with Gasteiger partial charge in [-0.15, -0.1) is 19.7 Å². The molecule has 4 N–H and O–H groups in total. The van der Waals surface area contributed by atoms with E-state index in [0.717, 1.165) is 74.1 Å². The van der Waals surface area contributed by atoms with Crippen LogP contribution in [0.25, 0.3) is 0 Å². The number of nitrogens with zero attached hydrogens (tertiary/aromatic N) is 2. The van der Waals surface area contributed by atoms with Crippen molar-refractivity contribution in [1.82, 2.24) is 9.80 Å². The van der Waals surface area contributed by atoms with Gasteiger partial charge in [-0.3, -0.25) is 24.2 Å². The summed E-state index contributed by atoms with van der Waals surface area (Å²) >= 11 is 5.36. The van der Waals surface area contributed by atoms with Crippen LogP contribution in [0.3, 0.4) is 0 Å². The van der Waals surface area contributed by atoms with Crippen molar-refractivity contribution in [2.45, 2.75) is 94.1 Å². The van der Waals surface area contributed by atoms with E-state index in [9.17, 15) is 53.9 Å². The fraction of sp³-hybridized carbons (Fsp3) is 0.391. The van der Waals surface area contributed by atoms with Gasteiger partial charge in [0.1, 0.15) is 13.2 Å². The van der Waals surface area contributed by atoms with Gasteiger partial charge in [0, 0.05) is 36.6 Å². The molecular formula is C64H74ClF9N4O8. The van der Waals surface area contributed by atoms with Crippen LogP contribution in [0.15, 0.2) is 147 Å². The number of piperidine rings is 2. The lowest BCUT2D eigenvalue weighted by atomic mass is 9.93. The molecule has 3 unspecified atom stereocenters. The quantitative estimate of drug-likeness (QED) is 0.0248. The normalized spacial score (nSPS) is 14.7. The highest BCUT2D eigenvalue weighted by molar-refractivity contribution is 6.64. The number of carboxylic acids is 1. The number of aliphatic carboxylic acids is 1. The molecule has 5 aromatic carbocycles. The molecule has 5 aromatic rings. The number of hydrogen-bond donors (Lipinski definition) is 3. The minimum absolute atomic E-state index is 0.0939. The van der Waals surface area contributed by atoms with Crippen LogP contribution in [0, 0.1) is 0 Å². The number of carbonyl (C=O) groups is 3. The Balaban J connectivity index is 0.000000261. The molecule has 0 radical (unpaired) electrons. The lowest BCUT2D eigenvalue weighted by Gasteiger charge is -2.26. The number of nitrogens with one attached hydrogen (secondary N) is 1. The number of likely N-dealkylation sites (tertiary alicyclic amines) is 2. The van der Waals surface area contributed by atoms with Gasteiger partial charge in [0.05, 0.1) is 48.7 Å². The van der Waals surface area contributed by atoms with Crippen molar-refractivity contribution in [3.05, 3.63) is 181 Å². The first kappa shape index (κ1) is 71.0. The molecule has 0 aromatic heterocycles. The zero-order chi connectivity index (χ0) is 63.5. The highest BCUT2D eigenvalue weighted by Crippen LogP contribution is 2.37. The molecule has 0 bridgehead atoms. The van der Waals surface area contributed by atoms with E-state index in [1.807, 2.05) is 18.2 Å². The second kappa shape index (κ2) is 35.2. The molecule has 2 saturated heterocycles. The Kier molecular flexibility index (Phi) is 29.1. The number of ether oxygens (including phenoxy) is 4. The van der Waals surface area contributed by atoms with E-state index in [1.165, 1.54) is 106 Å². The van der Waals surface area contributed by atoms with Crippen molar-refractivity contribution in [2.75, 3.05) is 77.8 Å². The van der Waals surface area contributed by atoms with Gasteiger partial charge >= 0.3 is 24.5 Å². The lowest BCUT2D eigenvalue weighted by Crippen LogP contribution is -2.33. The summed E-state index contributed by atoms with van der Waals surface area (Å²) in [5.74, 6) is -1.67. The van der Waals surface area contributed by atoms with Crippen LogP contribution in [-0.2, 0) is 32.9 Å². The van der Waals surface area contributed by atoms with Gasteiger partial charge in [0.25, 0.3) is 0 Å². The largest absolute Gasteiger partial charge is 0.493 e. The number of methoxy groups -OCH3 is 2. The van der Waals surface area contributed by atoms with Crippen LogP contribution in [0.5, 0.6) is 23.0 Å². The highest BCUT2D eigenvalue weighted by Gasteiger charge is 2.34. The van der Waals surface area contributed by atoms with Crippen molar-refractivity contribution in [3.8, 4) is 23.0 Å². The van der Waals surface area contributed by atoms with Crippen LogP contribution >= 0.6 is 11.6 Å². The van der Waals surface area contributed by atoms with Crippen molar-refractivity contribution in [1.29, 1.82) is 0 Å². The van der Waals surface area contributed by atoms with Gasteiger partial charge in [0.15, 0.2) is 23.0 Å². The number of carboxylic acid groups (broad SMARTS) is 1. The average molecular weight is 1230 g/mol. The number of carbonyl (C=O) groups excluding carboxylic acids is 2. The number of halogens is 10. The minimum Gasteiger partial charge on any atom is -0.493 e. The van der Waals surface area contributed by atoms with E-state index >= 15 is 0 Å². The first-order valence-electron chi connectivity index (χ1n) is 27.7. The Morgan fingerprint density at radius 3 is 1.34 bits per heavy atom. The Hall–Kier alpha value is -7.49. The standard InChI is InChI=1S/C26H31F3N2O3.C14H22N2O2.C12H10ClF3O.C12H11F3O2/c1-3-8-22(19-9-7-10-20(17-19)26(27,28)29)25(32)30-21-11-12-23(33-2)24(18-21)34-16-15-31-13-5-4-6-14-31;1-17-13-6-5-12(15)11-14(13)18-10-9-16-7-3-2-4-8-16;1-2-4-10(11(13)17)8-5-3-6-9(7-8)12(14,15)16;1-2-4-10(11(16)17)8-5-3-6-9(7-8)12(13,14)15/h3,7,9-12,17-18,22H,1,4-6,8,13-16H2,2H3,(H,30,32);5-6,11H,2-4,7-10,15H2,1H3;2-3,5-7,10H,1,4H2;2-3,5-7,10H,1,4H2,(H,16,17). The minimum atomic E-state index is -4.48. The fourth-order valence-corrected chi connectivity index (χ4v) is 9.48. The zero-order valence-corrected chi connectivity index (χ0v) is 48.8. The average Bonchev–Trinajstić information content (AvgIpc) is 2.46. The van der Waals surface area contributed by atoms with Crippen LogP contribution in [0.1, 0.15) is 109 Å². The molecule has 2 aliphatic rings. The number of allylic oxidation sites excluding steroid dienone is 3. The third-order valence-electron chi connectivity index (χ3n) is 13.8. The lowest BCUT2D eigenvalue weighted by molar-refractivity contribution is -0.140. The first-order valence-corrected chi connectivity index (χ1v) is 28.1. The van der Waals surface area contributed by atoms with Gasteiger partial charge in [-0.25, -0.2) is 0 Å². The Morgan fingerprint density at radius 2 is 0.942 bits per heavy atom. The number of anilines is 2. The number of nitrogen functional groups attached to an aromatic ring is 1. The third kappa shape index (κ3) is 23.8. The monoisotopic (exact) mass is 1230 g/mol. The van der Waals surface area contributed by atoms with Gasteiger partial charge in [-0.1, -0.05) is 85.7 Å². The van der Waals surface area contributed by atoms with Crippen LogP contribution < -0.4 is 30.0 Å².